The fraction of sp³-hybridized carbons (Fsp3) is 0.533. The normalized spacial score (nSPS) is 19.1. The van der Waals surface area contributed by atoms with Crippen molar-refractivity contribution in [1.82, 2.24) is 4.90 Å². The summed E-state index contributed by atoms with van der Waals surface area (Å²) < 4.78 is 16.0. The third-order valence-corrected chi connectivity index (χ3v) is 3.99. The molecule has 0 saturated carbocycles. The van der Waals surface area contributed by atoms with E-state index in [-0.39, 0.29) is 12.6 Å². The molecule has 108 valence electrons. The van der Waals surface area contributed by atoms with E-state index in [0.29, 0.717) is 30.3 Å². The van der Waals surface area contributed by atoms with Crippen molar-refractivity contribution in [2.45, 2.75) is 19.4 Å². The van der Waals surface area contributed by atoms with E-state index >= 15 is 0 Å². The molecule has 20 heavy (non-hydrogen) atoms. The lowest BCUT2D eigenvalue weighted by molar-refractivity contribution is -0.00430. The standard InChI is InChI=1S/C15H19NO4/c1-15(2,16-5-7-18-8-6-16)14(17)11-3-4-12-13(9-11)20-10-19-12/h3-4,9H,5-8,10H2,1-2H3. The number of Topliss-reactive ketones (excluding diaryl/α,β-unsaturated/α-hetero) is 1. The van der Waals surface area contributed by atoms with Gasteiger partial charge in [0, 0.05) is 18.7 Å². The second-order valence-electron chi connectivity index (χ2n) is 5.56. The zero-order chi connectivity index (χ0) is 14.2. The maximum absolute atomic E-state index is 12.8. The van der Waals surface area contributed by atoms with Crippen molar-refractivity contribution in [2.75, 3.05) is 33.1 Å². The summed E-state index contributed by atoms with van der Waals surface area (Å²) in [4.78, 5) is 15.0. The molecule has 1 aromatic rings. The molecule has 0 aliphatic carbocycles. The Hall–Kier alpha value is -1.59. The molecule has 5 heteroatoms. The van der Waals surface area contributed by atoms with Gasteiger partial charge in [0.05, 0.1) is 18.8 Å². The zero-order valence-corrected chi connectivity index (χ0v) is 11.8. The minimum absolute atomic E-state index is 0.0951. The summed E-state index contributed by atoms with van der Waals surface area (Å²) in [5.41, 5.74) is 0.114. The van der Waals surface area contributed by atoms with Crippen molar-refractivity contribution in [2.24, 2.45) is 0 Å². The van der Waals surface area contributed by atoms with Crippen LogP contribution >= 0.6 is 0 Å². The average molecular weight is 277 g/mol. The molecule has 0 radical (unpaired) electrons. The Bertz CT molecular complexity index is 521. The highest BCUT2D eigenvalue weighted by Crippen LogP contribution is 2.34. The van der Waals surface area contributed by atoms with Crippen LogP contribution in [0.25, 0.3) is 0 Å². The van der Waals surface area contributed by atoms with Gasteiger partial charge in [0.1, 0.15) is 0 Å². The number of carbonyl (C=O) groups is 1. The van der Waals surface area contributed by atoms with Crippen LogP contribution in [0.2, 0.25) is 0 Å². The van der Waals surface area contributed by atoms with E-state index in [2.05, 4.69) is 4.90 Å². The van der Waals surface area contributed by atoms with Crippen LogP contribution in [-0.2, 0) is 4.74 Å². The number of hydrogen-bond acceptors (Lipinski definition) is 5. The number of benzene rings is 1. The highest BCUT2D eigenvalue weighted by Gasteiger charge is 2.36. The molecule has 2 aliphatic rings. The van der Waals surface area contributed by atoms with Gasteiger partial charge >= 0.3 is 0 Å². The number of ether oxygens (including phenoxy) is 3. The number of rotatable bonds is 3. The molecule has 0 amide bonds. The summed E-state index contributed by atoms with van der Waals surface area (Å²) in [6.45, 7) is 7.07. The van der Waals surface area contributed by atoms with E-state index in [4.69, 9.17) is 14.2 Å². The average Bonchev–Trinajstić information content (AvgIpc) is 2.94. The maximum Gasteiger partial charge on any atom is 0.231 e. The smallest absolute Gasteiger partial charge is 0.231 e. The third kappa shape index (κ3) is 2.27. The summed E-state index contributed by atoms with van der Waals surface area (Å²) in [6.07, 6.45) is 0. The van der Waals surface area contributed by atoms with Crippen molar-refractivity contribution >= 4 is 5.78 Å². The molecule has 0 unspecified atom stereocenters. The van der Waals surface area contributed by atoms with Gasteiger partial charge in [-0.3, -0.25) is 9.69 Å². The highest BCUT2D eigenvalue weighted by molar-refractivity contribution is 6.03. The topological polar surface area (TPSA) is 48.0 Å². The molecule has 1 aromatic carbocycles. The summed E-state index contributed by atoms with van der Waals surface area (Å²) in [7, 11) is 0. The number of hydrogen-bond donors (Lipinski definition) is 0. The van der Waals surface area contributed by atoms with E-state index in [1.165, 1.54) is 0 Å². The lowest BCUT2D eigenvalue weighted by atomic mass is 9.90. The third-order valence-electron chi connectivity index (χ3n) is 3.99. The number of morpholine rings is 1. The quantitative estimate of drug-likeness (QED) is 0.787. The highest BCUT2D eigenvalue weighted by atomic mass is 16.7. The Morgan fingerprint density at radius 3 is 2.60 bits per heavy atom. The molecule has 0 bridgehead atoms. The molecule has 2 aliphatic heterocycles. The molecule has 5 nitrogen and oxygen atoms in total. The van der Waals surface area contributed by atoms with Gasteiger partial charge in [-0.05, 0) is 32.0 Å². The second kappa shape index (κ2) is 5.07. The van der Waals surface area contributed by atoms with Crippen LogP contribution in [0.5, 0.6) is 11.5 Å². The van der Waals surface area contributed by atoms with Gasteiger partial charge in [-0.1, -0.05) is 0 Å². The Labute approximate surface area is 118 Å². The first kappa shape index (κ1) is 13.4. The van der Waals surface area contributed by atoms with E-state index < -0.39 is 5.54 Å². The van der Waals surface area contributed by atoms with E-state index in [0.717, 1.165) is 13.1 Å². The molecular weight excluding hydrogens is 258 g/mol. The predicted molar refractivity (Wildman–Crippen MR) is 73.4 cm³/mol. The van der Waals surface area contributed by atoms with Gasteiger partial charge in [-0.2, -0.15) is 0 Å². The van der Waals surface area contributed by atoms with Crippen LogP contribution in [0.3, 0.4) is 0 Å². The first-order valence-electron chi connectivity index (χ1n) is 6.86. The van der Waals surface area contributed by atoms with E-state index in [9.17, 15) is 4.79 Å². The van der Waals surface area contributed by atoms with Crippen LogP contribution in [0.4, 0.5) is 0 Å². The van der Waals surface area contributed by atoms with Crippen molar-refractivity contribution in [1.29, 1.82) is 0 Å². The molecular formula is C15H19NO4. The first-order valence-corrected chi connectivity index (χ1v) is 6.86. The van der Waals surface area contributed by atoms with Crippen molar-refractivity contribution in [3.63, 3.8) is 0 Å². The Kier molecular flexibility index (Phi) is 3.40. The summed E-state index contributed by atoms with van der Waals surface area (Å²) in [5, 5.41) is 0. The number of ketones is 1. The lowest BCUT2D eigenvalue weighted by Crippen LogP contribution is -2.54. The van der Waals surface area contributed by atoms with Crippen LogP contribution in [0.15, 0.2) is 18.2 Å². The van der Waals surface area contributed by atoms with Crippen LogP contribution in [0.1, 0.15) is 24.2 Å². The summed E-state index contributed by atoms with van der Waals surface area (Å²) in [5.74, 6) is 1.44. The number of nitrogens with zero attached hydrogens (tertiary/aromatic N) is 1. The largest absolute Gasteiger partial charge is 0.454 e. The van der Waals surface area contributed by atoms with Gasteiger partial charge in [-0.25, -0.2) is 0 Å². The molecule has 1 fully saturated rings. The lowest BCUT2D eigenvalue weighted by Gasteiger charge is -2.39. The van der Waals surface area contributed by atoms with Gasteiger partial charge in [0.2, 0.25) is 6.79 Å². The van der Waals surface area contributed by atoms with Crippen molar-refractivity contribution in [3.05, 3.63) is 23.8 Å². The minimum atomic E-state index is -0.544. The first-order chi connectivity index (χ1) is 9.59. The zero-order valence-electron chi connectivity index (χ0n) is 11.8. The summed E-state index contributed by atoms with van der Waals surface area (Å²) in [6, 6.07) is 5.37. The SMILES string of the molecule is CC(C)(C(=O)c1ccc2c(c1)OCO2)N1CCOCC1. The van der Waals surface area contributed by atoms with Crippen molar-refractivity contribution in [3.8, 4) is 11.5 Å². The summed E-state index contributed by atoms with van der Waals surface area (Å²) >= 11 is 0. The molecule has 0 spiro atoms. The Morgan fingerprint density at radius 1 is 1.15 bits per heavy atom. The van der Waals surface area contributed by atoms with Gasteiger partial charge < -0.3 is 14.2 Å². The molecule has 2 heterocycles. The predicted octanol–water partition coefficient (Wildman–Crippen LogP) is 1.71. The van der Waals surface area contributed by atoms with Gasteiger partial charge in [0.25, 0.3) is 0 Å². The van der Waals surface area contributed by atoms with Crippen LogP contribution in [-0.4, -0.2) is 49.3 Å². The van der Waals surface area contributed by atoms with Crippen molar-refractivity contribution < 1.29 is 19.0 Å². The fourth-order valence-corrected chi connectivity index (χ4v) is 2.66. The minimum Gasteiger partial charge on any atom is -0.454 e. The monoisotopic (exact) mass is 277 g/mol. The molecule has 1 saturated heterocycles. The number of carbonyl (C=O) groups excluding carboxylic acids is 1. The maximum atomic E-state index is 12.8. The molecule has 0 aromatic heterocycles. The van der Waals surface area contributed by atoms with Gasteiger partial charge in [0.15, 0.2) is 17.3 Å². The molecule has 0 atom stereocenters. The van der Waals surface area contributed by atoms with Crippen LogP contribution in [0, 0.1) is 0 Å². The second-order valence-corrected chi connectivity index (χ2v) is 5.56. The molecule has 0 N–H and O–H groups in total. The van der Waals surface area contributed by atoms with Crippen LogP contribution < -0.4 is 9.47 Å². The van der Waals surface area contributed by atoms with Gasteiger partial charge in [-0.15, -0.1) is 0 Å². The Balaban J connectivity index is 1.83. The Morgan fingerprint density at radius 2 is 1.85 bits per heavy atom. The van der Waals surface area contributed by atoms with E-state index in [1.54, 1.807) is 18.2 Å². The fourth-order valence-electron chi connectivity index (χ4n) is 2.66. The molecule has 3 rings (SSSR count). The van der Waals surface area contributed by atoms with E-state index in [1.807, 2.05) is 13.8 Å². The number of fused-ring (bicyclic) bond motifs is 1.